The molecule has 0 atom stereocenters. The quantitative estimate of drug-likeness (QED) is 0.674. The molecule has 0 spiro atoms. The number of ether oxygens (including phenoxy) is 1. The average molecular weight is 314 g/mol. The number of hydrogen-bond donors (Lipinski definition) is 0. The summed E-state index contributed by atoms with van der Waals surface area (Å²) in [6.45, 7) is 0. The Kier molecular flexibility index (Phi) is 3.62. The summed E-state index contributed by atoms with van der Waals surface area (Å²) < 4.78 is 43.1. The molecule has 0 amide bonds. The highest BCUT2D eigenvalue weighted by molar-refractivity contribution is 5.87. The van der Waals surface area contributed by atoms with E-state index in [4.69, 9.17) is 10.00 Å². The number of hydrogen-bond acceptors (Lipinski definition) is 3. The third kappa shape index (κ3) is 3.09. The van der Waals surface area contributed by atoms with Gasteiger partial charge in [0.15, 0.2) is 5.69 Å². The predicted molar refractivity (Wildman–Crippen MR) is 78.0 cm³/mol. The zero-order valence-electron chi connectivity index (χ0n) is 11.6. The fourth-order valence-corrected chi connectivity index (χ4v) is 2.14. The normalized spacial score (nSPS) is 11.2. The fourth-order valence-electron chi connectivity index (χ4n) is 2.14. The summed E-state index contributed by atoms with van der Waals surface area (Å²) in [5.74, 6) is 0.365. The van der Waals surface area contributed by atoms with Gasteiger partial charge in [-0.15, -0.1) is 0 Å². The Morgan fingerprint density at radius 2 is 1.70 bits per heavy atom. The molecule has 0 radical (unpaired) electrons. The van der Waals surface area contributed by atoms with Crippen LogP contribution in [0.15, 0.2) is 54.6 Å². The van der Waals surface area contributed by atoms with Crippen molar-refractivity contribution in [3.05, 3.63) is 65.9 Å². The van der Waals surface area contributed by atoms with Gasteiger partial charge < -0.3 is 4.74 Å². The SMILES string of the molecule is N#Cc1nc(Oc2ccc(C(F)(F)F)cc2)cc2ccccc12. The van der Waals surface area contributed by atoms with Gasteiger partial charge in [-0.2, -0.15) is 18.4 Å². The van der Waals surface area contributed by atoms with Crippen molar-refractivity contribution in [1.82, 2.24) is 4.98 Å². The minimum Gasteiger partial charge on any atom is -0.439 e. The van der Waals surface area contributed by atoms with Gasteiger partial charge in [0.05, 0.1) is 5.56 Å². The van der Waals surface area contributed by atoms with Gasteiger partial charge in [0.25, 0.3) is 0 Å². The van der Waals surface area contributed by atoms with Crippen molar-refractivity contribution in [3.63, 3.8) is 0 Å². The van der Waals surface area contributed by atoms with Crippen LogP contribution in [0.3, 0.4) is 0 Å². The van der Waals surface area contributed by atoms with Crippen molar-refractivity contribution >= 4 is 10.8 Å². The zero-order valence-corrected chi connectivity index (χ0v) is 11.6. The maximum atomic E-state index is 12.5. The number of fused-ring (bicyclic) bond motifs is 1. The van der Waals surface area contributed by atoms with Crippen LogP contribution < -0.4 is 4.74 Å². The van der Waals surface area contributed by atoms with Gasteiger partial charge >= 0.3 is 6.18 Å². The first-order valence-corrected chi connectivity index (χ1v) is 6.62. The van der Waals surface area contributed by atoms with Crippen LogP contribution in [-0.2, 0) is 6.18 Å². The number of benzene rings is 2. The molecule has 0 aliphatic heterocycles. The molecule has 114 valence electrons. The molecule has 0 saturated heterocycles. The van der Waals surface area contributed by atoms with Crippen molar-refractivity contribution in [3.8, 4) is 17.7 Å². The molecular weight excluding hydrogens is 305 g/mol. The summed E-state index contributed by atoms with van der Waals surface area (Å²) in [4.78, 5) is 4.08. The van der Waals surface area contributed by atoms with E-state index in [9.17, 15) is 13.2 Å². The van der Waals surface area contributed by atoms with Gasteiger partial charge in [-0.05, 0) is 29.7 Å². The molecule has 0 N–H and O–H groups in total. The topological polar surface area (TPSA) is 45.9 Å². The van der Waals surface area contributed by atoms with Gasteiger partial charge in [0.2, 0.25) is 5.88 Å². The Hall–Kier alpha value is -3.07. The number of rotatable bonds is 2. The Labute approximate surface area is 129 Å². The molecule has 0 unspecified atom stereocenters. The van der Waals surface area contributed by atoms with Crippen LogP contribution in [0, 0.1) is 11.3 Å². The first-order chi connectivity index (χ1) is 11.0. The molecule has 0 aliphatic carbocycles. The number of halogens is 3. The molecule has 0 aliphatic rings. The number of pyridine rings is 1. The lowest BCUT2D eigenvalue weighted by atomic mass is 10.1. The van der Waals surface area contributed by atoms with Crippen molar-refractivity contribution in [2.45, 2.75) is 6.18 Å². The molecule has 6 heteroatoms. The van der Waals surface area contributed by atoms with E-state index in [-0.39, 0.29) is 17.3 Å². The van der Waals surface area contributed by atoms with E-state index in [2.05, 4.69) is 4.98 Å². The summed E-state index contributed by atoms with van der Waals surface area (Å²) >= 11 is 0. The van der Waals surface area contributed by atoms with E-state index in [1.807, 2.05) is 12.1 Å². The third-order valence-electron chi connectivity index (χ3n) is 3.23. The highest BCUT2D eigenvalue weighted by Crippen LogP contribution is 2.31. The van der Waals surface area contributed by atoms with Crippen molar-refractivity contribution in [1.29, 1.82) is 5.26 Å². The van der Waals surface area contributed by atoms with Gasteiger partial charge in [0.1, 0.15) is 11.8 Å². The van der Waals surface area contributed by atoms with Crippen LogP contribution in [0.25, 0.3) is 10.8 Å². The van der Waals surface area contributed by atoms with Gasteiger partial charge in [-0.25, -0.2) is 4.98 Å². The van der Waals surface area contributed by atoms with E-state index in [0.29, 0.717) is 5.39 Å². The molecule has 23 heavy (non-hydrogen) atoms. The first kappa shape index (κ1) is 14.9. The highest BCUT2D eigenvalue weighted by Gasteiger charge is 2.30. The third-order valence-corrected chi connectivity index (χ3v) is 3.23. The molecule has 1 aromatic heterocycles. The second-order valence-corrected chi connectivity index (χ2v) is 4.77. The number of alkyl halides is 3. The highest BCUT2D eigenvalue weighted by atomic mass is 19.4. The summed E-state index contributed by atoms with van der Waals surface area (Å²) in [6.07, 6.45) is -4.40. The smallest absolute Gasteiger partial charge is 0.416 e. The Balaban J connectivity index is 1.94. The van der Waals surface area contributed by atoms with Gasteiger partial charge in [-0.3, -0.25) is 0 Å². The standard InChI is InChI=1S/C17H9F3N2O/c18-17(19,20)12-5-7-13(8-6-12)23-16-9-11-3-1-2-4-14(11)15(10-21)22-16/h1-9H. The molecule has 3 nitrogen and oxygen atoms in total. The minimum absolute atomic E-state index is 0.153. The van der Waals surface area contributed by atoms with E-state index >= 15 is 0 Å². The van der Waals surface area contributed by atoms with E-state index in [0.717, 1.165) is 17.5 Å². The van der Waals surface area contributed by atoms with Crippen molar-refractivity contribution in [2.75, 3.05) is 0 Å². The second-order valence-electron chi connectivity index (χ2n) is 4.77. The summed E-state index contributed by atoms with van der Waals surface area (Å²) in [5.41, 5.74) is -0.556. The first-order valence-electron chi connectivity index (χ1n) is 6.62. The van der Waals surface area contributed by atoms with Gasteiger partial charge in [-0.1, -0.05) is 24.3 Å². The Morgan fingerprint density at radius 1 is 1.00 bits per heavy atom. The molecular formula is C17H9F3N2O. The van der Waals surface area contributed by atoms with Crippen LogP contribution in [0.5, 0.6) is 11.6 Å². The van der Waals surface area contributed by atoms with E-state index in [1.54, 1.807) is 24.3 Å². The van der Waals surface area contributed by atoms with E-state index in [1.165, 1.54) is 12.1 Å². The Bertz CT molecular complexity index is 896. The van der Waals surface area contributed by atoms with Crippen LogP contribution >= 0.6 is 0 Å². The summed E-state index contributed by atoms with van der Waals surface area (Å²) in [6, 6.07) is 15.1. The van der Waals surface area contributed by atoms with Crippen LogP contribution in [0.1, 0.15) is 11.3 Å². The number of nitriles is 1. The number of nitrogens with zero attached hydrogens (tertiary/aromatic N) is 2. The molecule has 0 saturated carbocycles. The van der Waals surface area contributed by atoms with E-state index < -0.39 is 11.7 Å². The minimum atomic E-state index is -4.40. The van der Waals surface area contributed by atoms with Crippen LogP contribution in [-0.4, -0.2) is 4.98 Å². The summed E-state index contributed by atoms with van der Waals surface area (Å²) in [7, 11) is 0. The Morgan fingerprint density at radius 3 is 2.35 bits per heavy atom. The van der Waals surface area contributed by atoms with Crippen LogP contribution in [0.4, 0.5) is 13.2 Å². The molecule has 0 fully saturated rings. The largest absolute Gasteiger partial charge is 0.439 e. The molecule has 3 aromatic rings. The predicted octanol–water partition coefficient (Wildman–Crippen LogP) is 4.92. The fraction of sp³-hybridized carbons (Fsp3) is 0.0588. The lowest BCUT2D eigenvalue weighted by Gasteiger charge is -2.09. The molecule has 0 bridgehead atoms. The zero-order chi connectivity index (χ0) is 16.4. The second kappa shape index (κ2) is 5.61. The monoisotopic (exact) mass is 314 g/mol. The molecule has 1 heterocycles. The molecule has 3 rings (SSSR count). The average Bonchev–Trinajstić information content (AvgIpc) is 2.53. The van der Waals surface area contributed by atoms with Gasteiger partial charge in [0, 0.05) is 11.5 Å². The number of aromatic nitrogens is 1. The lowest BCUT2D eigenvalue weighted by molar-refractivity contribution is -0.137. The maximum Gasteiger partial charge on any atom is 0.416 e. The molecule has 2 aromatic carbocycles. The van der Waals surface area contributed by atoms with Crippen molar-refractivity contribution < 1.29 is 17.9 Å². The summed E-state index contributed by atoms with van der Waals surface area (Å²) in [5, 5.41) is 10.6. The van der Waals surface area contributed by atoms with Crippen molar-refractivity contribution in [2.24, 2.45) is 0 Å². The maximum absolute atomic E-state index is 12.5. The lowest BCUT2D eigenvalue weighted by Crippen LogP contribution is -2.04. The van der Waals surface area contributed by atoms with Crippen LogP contribution in [0.2, 0.25) is 0 Å².